The van der Waals surface area contributed by atoms with Gasteiger partial charge < -0.3 is 5.73 Å². The van der Waals surface area contributed by atoms with Gasteiger partial charge in [0.05, 0.1) is 0 Å². The molecule has 0 fully saturated rings. The first-order valence-electron chi connectivity index (χ1n) is 5.54. The van der Waals surface area contributed by atoms with Crippen LogP contribution in [0, 0.1) is 0 Å². The van der Waals surface area contributed by atoms with Gasteiger partial charge in [-0.15, -0.1) is 0 Å². The first kappa shape index (κ1) is 9.85. The number of nitrogens with zero attached hydrogens (tertiary/aromatic N) is 1. The van der Waals surface area contributed by atoms with E-state index in [1.807, 2.05) is 30.3 Å². The summed E-state index contributed by atoms with van der Waals surface area (Å²) in [6.45, 7) is 0. The molecular weight excluding hydrogens is 208 g/mol. The van der Waals surface area contributed by atoms with Crippen LogP contribution in [0.3, 0.4) is 0 Å². The van der Waals surface area contributed by atoms with E-state index in [2.05, 4.69) is 23.2 Å². The molecule has 0 amide bonds. The molecule has 2 aromatic carbocycles. The Morgan fingerprint density at radius 2 is 1.47 bits per heavy atom. The maximum atomic E-state index is 5.99. The van der Waals surface area contributed by atoms with Crippen LogP contribution >= 0.6 is 0 Å². The van der Waals surface area contributed by atoms with E-state index in [-0.39, 0.29) is 0 Å². The van der Waals surface area contributed by atoms with Crippen molar-refractivity contribution in [3.63, 3.8) is 0 Å². The zero-order chi connectivity index (χ0) is 11.7. The fourth-order valence-electron chi connectivity index (χ4n) is 2.12. The van der Waals surface area contributed by atoms with Crippen molar-refractivity contribution in [1.82, 2.24) is 4.98 Å². The van der Waals surface area contributed by atoms with Gasteiger partial charge in [0.1, 0.15) is 0 Å². The Kier molecular flexibility index (Phi) is 2.26. The van der Waals surface area contributed by atoms with E-state index in [1.54, 1.807) is 12.4 Å². The van der Waals surface area contributed by atoms with Crippen molar-refractivity contribution in [3.8, 4) is 11.1 Å². The number of benzene rings is 2. The number of anilines is 1. The predicted molar refractivity (Wildman–Crippen MR) is 71.6 cm³/mol. The first-order chi connectivity index (χ1) is 8.36. The van der Waals surface area contributed by atoms with Crippen LogP contribution in [-0.2, 0) is 0 Å². The van der Waals surface area contributed by atoms with Crippen LogP contribution in [0.25, 0.3) is 21.9 Å². The van der Waals surface area contributed by atoms with Gasteiger partial charge in [0.25, 0.3) is 0 Å². The molecule has 17 heavy (non-hydrogen) atoms. The van der Waals surface area contributed by atoms with E-state index in [4.69, 9.17) is 5.73 Å². The third-order valence-electron chi connectivity index (χ3n) is 2.95. The Morgan fingerprint density at radius 3 is 2.29 bits per heavy atom. The molecule has 0 aliphatic heterocycles. The maximum absolute atomic E-state index is 5.99. The highest BCUT2D eigenvalue weighted by molar-refractivity contribution is 6.02. The SMILES string of the molecule is Nc1cccc2c(-c3ccncc3)cccc12. The summed E-state index contributed by atoms with van der Waals surface area (Å²) < 4.78 is 0. The minimum absolute atomic E-state index is 0.818. The van der Waals surface area contributed by atoms with Gasteiger partial charge >= 0.3 is 0 Å². The summed E-state index contributed by atoms with van der Waals surface area (Å²) in [6.07, 6.45) is 3.61. The van der Waals surface area contributed by atoms with Crippen molar-refractivity contribution in [2.24, 2.45) is 0 Å². The monoisotopic (exact) mass is 220 g/mol. The maximum Gasteiger partial charge on any atom is 0.0393 e. The van der Waals surface area contributed by atoms with E-state index >= 15 is 0 Å². The second-order valence-corrected chi connectivity index (χ2v) is 3.98. The molecule has 0 aliphatic carbocycles. The van der Waals surface area contributed by atoms with Gasteiger partial charge in [-0.3, -0.25) is 4.98 Å². The predicted octanol–water partition coefficient (Wildman–Crippen LogP) is 3.48. The van der Waals surface area contributed by atoms with E-state index in [9.17, 15) is 0 Å². The molecule has 2 heteroatoms. The van der Waals surface area contributed by atoms with Crippen LogP contribution in [0.4, 0.5) is 5.69 Å². The molecule has 2 nitrogen and oxygen atoms in total. The van der Waals surface area contributed by atoms with Crippen LogP contribution < -0.4 is 5.73 Å². The Balaban J connectivity index is 2.35. The van der Waals surface area contributed by atoms with E-state index < -0.39 is 0 Å². The Morgan fingerprint density at radius 1 is 0.765 bits per heavy atom. The number of rotatable bonds is 1. The third-order valence-corrected chi connectivity index (χ3v) is 2.95. The molecule has 2 N–H and O–H groups in total. The summed E-state index contributed by atoms with van der Waals surface area (Å²) in [5.74, 6) is 0. The molecule has 3 aromatic rings. The summed E-state index contributed by atoms with van der Waals surface area (Å²) in [7, 11) is 0. The summed E-state index contributed by atoms with van der Waals surface area (Å²) in [5, 5.41) is 2.28. The highest BCUT2D eigenvalue weighted by Crippen LogP contribution is 2.30. The average molecular weight is 220 g/mol. The lowest BCUT2D eigenvalue weighted by Crippen LogP contribution is -1.88. The molecule has 0 spiro atoms. The highest BCUT2D eigenvalue weighted by Gasteiger charge is 2.04. The number of nitrogen functional groups attached to an aromatic ring is 1. The average Bonchev–Trinajstić information content (AvgIpc) is 2.40. The molecule has 1 aromatic heterocycles. The van der Waals surface area contributed by atoms with Crippen molar-refractivity contribution < 1.29 is 0 Å². The second kappa shape index (κ2) is 3.91. The van der Waals surface area contributed by atoms with Crippen LogP contribution in [-0.4, -0.2) is 4.98 Å². The molecule has 0 bridgehead atoms. The fraction of sp³-hybridized carbons (Fsp3) is 0. The first-order valence-corrected chi connectivity index (χ1v) is 5.54. The summed E-state index contributed by atoms with van der Waals surface area (Å²) in [4.78, 5) is 4.04. The minimum Gasteiger partial charge on any atom is -0.398 e. The zero-order valence-electron chi connectivity index (χ0n) is 9.30. The molecule has 3 rings (SSSR count). The van der Waals surface area contributed by atoms with Gasteiger partial charge in [-0.1, -0.05) is 30.3 Å². The molecular formula is C15H12N2. The summed E-state index contributed by atoms with van der Waals surface area (Å²) in [6, 6.07) is 16.2. The van der Waals surface area contributed by atoms with Gasteiger partial charge in [-0.2, -0.15) is 0 Å². The van der Waals surface area contributed by atoms with Crippen molar-refractivity contribution in [2.45, 2.75) is 0 Å². The van der Waals surface area contributed by atoms with Gasteiger partial charge in [0.2, 0.25) is 0 Å². The molecule has 0 atom stereocenters. The zero-order valence-corrected chi connectivity index (χ0v) is 9.30. The number of pyridine rings is 1. The number of aromatic nitrogens is 1. The van der Waals surface area contributed by atoms with Gasteiger partial charge in [0.15, 0.2) is 0 Å². The molecule has 0 saturated heterocycles. The number of fused-ring (bicyclic) bond motifs is 1. The second-order valence-electron chi connectivity index (χ2n) is 3.98. The Labute approximate surface area is 99.7 Å². The lowest BCUT2D eigenvalue weighted by atomic mass is 9.98. The molecule has 0 unspecified atom stereocenters. The van der Waals surface area contributed by atoms with Crippen LogP contribution in [0.2, 0.25) is 0 Å². The Bertz CT molecular complexity index is 660. The standard InChI is InChI=1S/C15H12N2/c16-15-6-2-4-13-12(3-1-5-14(13)15)11-7-9-17-10-8-11/h1-10H,16H2. The number of hydrogen-bond donors (Lipinski definition) is 1. The van der Waals surface area contributed by atoms with Crippen molar-refractivity contribution in [1.29, 1.82) is 0 Å². The van der Waals surface area contributed by atoms with Gasteiger partial charge in [-0.05, 0) is 34.7 Å². The van der Waals surface area contributed by atoms with E-state index in [0.29, 0.717) is 0 Å². The van der Waals surface area contributed by atoms with Gasteiger partial charge in [-0.25, -0.2) is 0 Å². The molecule has 0 aliphatic rings. The lowest BCUT2D eigenvalue weighted by molar-refractivity contribution is 1.33. The molecule has 82 valence electrons. The highest BCUT2D eigenvalue weighted by atomic mass is 14.6. The normalized spacial score (nSPS) is 10.6. The van der Waals surface area contributed by atoms with Gasteiger partial charge in [0, 0.05) is 23.5 Å². The van der Waals surface area contributed by atoms with E-state index in [1.165, 1.54) is 10.9 Å². The summed E-state index contributed by atoms with van der Waals surface area (Å²) >= 11 is 0. The molecule has 0 saturated carbocycles. The number of hydrogen-bond acceptors (Lipinski definition) is 2. The van der Waals surface area contributed by atoms with Crippen molar-refractivity contribution in [2.75, 3.05) is 5.73 Å². The molecule has 1 heterocycles. The van der Waals surface area contributed by atoms with E-state index in [0.717, 1.165) is 16.6 Å². The fourth-order valence-corrected chi connectivity index (χ4v) is 2.12. The van der Waals surface area contributed by atoms with Crippen LogP contribution in [0.5, 0.6) is 0 Å². The van der Waals surface area contributed by atoms with Crippen LogP contribution in [0.1, 0.15) is 0 Å². The van der Waals surface area contributed by atoms with Crippen molar-refractivity contribution in [3.05, 3.63) is 60.9 Å². The largest absolute Gasteiger partial charge is 0.398 e. The molecule has 0 radical (unpaired) electrons. The Hall–Kier alpha value is -2.35. The smallest absolute Gasteiger partial charge is 0.0393 e. The number of nitrogens with two attached hydrogens (primary N) is 1. The van der Waals surface area contributed by atoms with Crippen LogP contribution in [0.15, 0.2) is 60.9 Å². The third kappa shape index (κ3) is 1.64. The topological polar surface area (TPSA) is 38.9 Å². The van der Waals surface area contributed by atoms with Crippen molar-refractivity contribution >= 4 is 16.5 Å². The lowest BCUT2D eigenvalue weighted by Gasteiger charge is -2.08. The minimum atomic E-state index is 0.818. The quantitative estimate of drug-likeness (QED) is 0.637. The summed E-state index contributed by atoms with van der Waals surface area (Å²) in [5.41, 5.74) is 9.16.